The predicted molar refractivity (Wildman–Crippen MR) is 90.9 cm³/mol. The van der Waals surface area contributed by atoms with E-state index in [9.17, 15) is 4.79 Å². The Labute approximate surface area is 135 Å². The number of carbonyl (C=O) groups is 1. The average Bonchev–Trinajstić information content (AvgIpc) is 2.47. The Bertz CT molecular complexity index is 375. The maximum Gasteiger partial charge on any atom is 0.244 e. The van der Waals surface area contributed by atoms with Crippen LogP contribution in [0.1, 0.15) is 33.6 Å². The van der Waals surface area contributed by atoms with Gasteiger partial charge in [-0.25, -0.2) is 0 Å². The molecule has 22 heavy (non-hydrogen) atoms. The van der Waals surface area contributed by atoms with Crippen LogP contribution in [0, 0.1) is 0 Å². The van der Waals surface area contributed by atoms with Crippen molar-refractivity contribution in [3.63, 3.8) is 0 Å². The summed E-state index contributed by atoms with van der Waals surface area (Å²) in [5.41, 5.74) is -0.164. The fourth-order valence-electron chi connectivity index (χ4n) is 3.23. The fraction of sp³-hybridized carbons (Fsp3) is 0.824. The second kappa shape index (κ2) is 8.09. The van der Waals surface area contributed by atoms with Gasteiger partial charge in [0, 0.05) is 50.4 Å². The first-order chi connectivity index (χ1) is 10.4. The largest absolute Gasteiger partial charge is 0.348 e. The van der Waals surface area contributed by atoms with Gasteiger partial charge in [-0.3, -0.25) is 14.6 Å². The third-order valence-corrected chi connectivity index (χ3v) is 4.36. The number of piperidine rings is 1. The zero-order valence-corrected chi connectivity index (χ0v) is 14.4. The monoisotopic (exact) mass is 308 g/mol. The molecule has 0 atom stereocenters. The Balaban J connectivity index is 1.65. The van der Waals surface area contributed by atoms with Crippen molar-refractivity contribution in [2.24, 2.45) is 0 Å². The van der Waals surface area contributed by atoms with Gasteiger partial charge in [-0.15, -0.1) is 0 Å². The maximum atomic E-state index is 11.7. The lowest BCUT2D eigenvalue weighted by atomic mass is 10.0. The van der Waals surface area contributed by atoms with Crippen LogP contribution in [-0.2, 0) is 4.79 Å². The summed E-state index contributed by atoms with van der Waals surface area (Å²) in [6.07, 6.45) is 6.17. The standard InChI is InChI=1S/C17H32N4O/c1-17(2,3)19-16(22)5-4-10-20-11-6-15(7-12-20)21-13-8-18-9-14-21/h4-5,15,18H,6-14H2,1-3H3,(H,19,22)/b5-4+. The van der Waals surface area contributed by atoms with E-state index < -0.39 is 0 Å². The lowest BCUT2D eigenvalue weighted by molar-refractivity contribution is -0.117. The predicted octanol–water partition coefficient (Wildman–Crippen LogP) is 0.827. The van der Waals surface area contributed by atoms with Gasteiger partial charge in [-0.2, -0.15) is 0 Å². The number of hydrogen-bond donors (Lipinski definition) is 2. The van der Waals surface area contributed by atoms with Crippen LogP contribution in [0.3, 0.4) is 0 Å². The first-order valence-corrected chi connectivity index (χ1v) is 8.60. The van der Waals surface area contributed by atoms with E-state index in [1.807, 2.05) is 26.8 Å². The second-order valence-corrected chi connectivity index (χ2v) is 7.46. The summed E-state index contributed by atoms with van der Waals surface area (Å²) in [5.74, 6) is 0.00297. The zero-order chi connectivity index (χ0) is 16.0. The highest BCUT2D eigenvalue weighted by Gasteiger charge is 2.24. The Morgan fingerprint density at radius 2 is 1.82 bits per heavy atom. The minimum atomic E-state index is -0.164. The van der Waals surface area contributed by atoms with E-state index in [1.54, 1.807) is 6.08 Å². The molecule has 0 radical (unpaired) electrons. The Morgan fingerprint density at radius 1 is 1.18 bits per heavy atom. The molecule has 2 rings (SSSR count). The zero-order valence-electron chi connectivity index (χ0n) is 14.4. The Morgan fingerprint density at radius 3 is 2.41 bits per heavy atom. The van der Waals surface area contributed by atoms with Crippen LogP contribution >= 0.6 is 0 Å². The van der Waals surface area contributed by atoms with E-state index in [2.05, 4.69) is 20.4 Å². The highest BCUT2D eigenvalue weighted by atomic mass is 16.1. The van der Waals surface area contributed by atoms with Crippen molar-refractivity contribution in [3.8, 4) is 0 Å². The van der Waals surface area contributed by atoms with Crippen molar-refractivity contribution in [1.29, 1.82) is 0 Å². The lowest BCUT2D eigenvalue weighted by Crippen LogP contribution is -2.52. The van der Waals surface area contributed by atoms with Crippen molar-refractivity contribution in [1.82, 2.24) is 20.4 Å². The first-order valence-electron chi connectivity index (χ1n) is 8.60. The molecule has 2 N–H and O–H groups in total. The van der Waals surface area contributed by atoms with Crippen LogP contribution in [-0.4, -0.2) is 73.1 Å². The van der Waals surface area contributed by atoms with E-state index in [0.29, 0.717) is 0 Å². The molecular weight excluding hydrogens is 276 g/mol. The quantitative estimate of drug-likeness (QED) is 0.755. The van der Waals surface area contributed by atoms with Gasteiger partial charge < -0.3 is 10.6 Å². The summed E-state index contributed by atoms with van der Waals surface area (Å²) in [6, 6.07) is 0.756. The maximum absolute atomic E-state index is 11.7. The lowest BCUT2D eigenvalue weighted by Gasteiger charge is -2.40. The average molecular weight is 308 g/mol. The molecule has 2 aliphatic heterocycles. The number of nitrogens with one attached hydrogen (secondary N) is 2. The van der Waals surface area contributed by atoms with Gasteiger partial charge in [0.25, 0.3) is 0 Å². The molecule has 2 saturated heterocycles. The van der Waals surface area contributed by atoms with Gasteiger partial charge in [-0.1, -0.05) is 6.08 Å². The summed E-state index contributed by atoms with van der Waals surface area (Å²) in [7, 11) is 0. The summed E-state index contributed by atoms with van der Waals surface area (Å²) < 4.78 is 0. The molecule has 0 saturated carbocycles. The summed E-state index contributed by atoms with van der Waals surface area (Å²) >= 11 is 0. The van der Waals surface area contributed by atoms with Gasteiger partial charge in [-0.05, 0) is 46.7 Å². The van der Waals surface area contributed by atoms with Crippen molar-refractivity contribution >= 4 is 5.91 Å². The molecule has 126 valence electrons. The van der Waals surface area contributed by atoms with Crippen LogP contribution in [0.5, 0.6) is 0 Å². The molecule has 0 unspecified atom stereocenters. The molecule has 1 amide bonds. The molecule has 0 spiro atoms. The molecule has 0 aliphatic carbocycles. The van der Waals surface area contributed by atoms with Crippen molar-refractivity contribution in [2.75, 3.05) is 45.8 Å². The number of piperazine rings is 1. The van der Waals surface area contributed by atoms with Crippen molar-refractivity contribution < 1.29 is 4.79 Å². The third kappa shape index (κ3) is 6.07. The van der Waals surface area contributed by atoms with Crippen molar-refractivity contribution in [3.05, 3.63) is 12.2 Å². The molecule has 5 heteroatoms. The highest BCUT2D eigenvalue weighted by Crippen LogP contribution is 2.16. The number of rotatable bonds is 4. The molecule has 0 bridgehead atoms. The SMILES string of the molecule is CC(C)(C)NC(=O)/C=C/CN1CCC(N2CCNCC2)CC1. The van der Waals surface area contributed by atoms with Gasteiger partial charge in [0.1, 0.15) is 0 Å². The molecule has 2 heterocycles. The van der Waals surface area contributed by atoms with E-state index >= 15 is 0 Å². The van der Waals surface area contributed by atoms with E-state index in [4.69, 9.17) is 0 Å². The fourth-order valence-corrected chi connectivity index (χ4v) is 3.23. The first kappa shape index (κ1) is 17.4. The molecule has 0 aromatic heterocycles. The van der Waals surface area contributed by atoms with Crippen molar-refractivity contribution in [2.45, 2.75) is 45.2 Å². The number of amides is 1. The van der Waals surface area contributed by atoms with Gasteiger partial charge in [0.05, 0.1) is 0 Å². The van der Waals surface area contributed by atoms with Crippen LogP contribution in [0.4, 0.5) is 0 Å². The Kier molecular flexibility index (Phi) is 6.41. The molecule has 2 fully saturated rings. The second-order valence-electron chi connectivity index (χ2n) is 7.46. The minimum absolute atomic E-state index is 0.00297. The molecule has 0 aromatic carbocycles. The Hall–Kier alpha value is -0.910. The molecular formula is C17H32N4O. The number of nitrogens with zero attached hydrogens (tertiary/aromatic N) is 2. The van der Waals surface area contributed by atoms with Crippen LogP contribution in [0.2, 0.25) is 0 Å². The minimum Gasteiger partial charge on any atom is -0.348 e. The van der Waals surface area contributed by atoms with Crippen LogP contribution < -0.4 is 10.6 Å². The van der Waals surface area contributed by atoms with Crippen LogP contribution in [0.25, 0.3) is 0 Å². The van der Waals surface area contributed by atoms with Crippen LogP contribution in [0.15, 0.2) is 12.2 Å². The van der Waals surface area contributed by atoms with E-state index in [0.717, 1.165) is 38.8 Å². The summed E-state index contributed by atoms with van der Waals surface area (Å²) in [6.45, 7) is 13.8. The topological polar surface area (TPSA) is 47.6 Å². The molecule has 5 nitrogen and oxygen atoms in total. The smallest absolute Gasteiger partial charge is 0.244 e. The third-order valence-electron chi connectivity index (χ3n) is 4.36. The van der Waals surface area contributed by atoms with Gasteiger partial charge >= 0.3 is 0 Å². The molecule has 2 aliphatic rings. The molecule has 0 aromatic rings. The highest BCUT2D eigenvalue weighted by molar-refractivity contribution is 5.87. The number of likely N-dealkylation sites (tertiary alicyclic amines) is 1. The van der Waals surface area contributed by atoms with E-state index in [-0.39, 0.29) is 11.4 Å². The summed E-state index contributed by atoms with van der Waals surface area (Å²) in [5, 5.41) is 6.37. The van der Waals surface area contributed by atoms with E-state index in [1.165, 1.54) is 25.9 Å². The van der Waals surface area contributed by atoms with Gasteiger partial charge in [0.15, 0.2) is 0 Å². The normalized spacial score (nSPS) is 23.0. The van der Waals surface area contributed by atoms with Gasteiger partial charge in [0.2, 0.25) is 5.91 Å². The number of hydrogen-bond acceptors (Lipinski definition) is 4. The number of carbonyl (C=O) groups excluding carboxylic acids is 1. The summed E-state index contributed by atoms with van der Waals surface area (Å²) in [4.78, 5) is 16.8.